The van der Waals surface area contributed by atoms with Crippen LogP contribution in [0.4, 0.5) is 5.69 Å². The number of non-ortho nitro benzene ring substituents is 1. The Labute approximate surface area is 176 Å². The number of aromatic nitrogens is 2. The van der Waals surface area contributed by atoms with Gasteiger partial charge in [-0.2, -0.15) is 0 Å². The first-order chi connectivity index (χ1) is 14.6. The molecule has 0 aliphatic heterocycles. The highest BCUT2D eigenvalue weighted by Gasteiger charge is 2.18. The van der Waals surface area contributed by atoms with Crippen LogP contribution >= 0.6 is 11.8 Å². The van der Waals surface area contributed by atoms with Crippen LogP contribution in [0.15, 0.2) is 84.0 Å². The summed E-state index contributed by atoms with van der Waals surface area (Å²) in [5.41, 5.74) is 3.73. The first-order valence-electron chi connectivity index (χ1n) is 9.25. The Morgan fingerprint density at radius 2 is 1.83 bits per heavy atom. The molecule has 4 aromatic rings. The number of nitro groups is 1. The zero-order chi connectivity index (χ0) is 20.9. The van der Waals surface area contributed by atoms with Crippen molar-refractivity contribution >= 4 is 34.4 Å². The van der Waals surface area contributed by atoms with Crippen molar-refractivity contribution in [1.29, 1.82) is 0 Å². The number of imidazole rings is 1. The maximum Gasteiger partial charge on any atom is 0.269 e. The maximum absolute atomic E-state index is 12.7. The van der Waals surface area contributed by atoms with E-state index in [2.05, 4.69) is 15.3 Å². The maximum atomic E-state index is 12.7. The average Bonchev–Trinajstić information content (AvgIpc) is 3.25. The van der Waals surface area contributed by atoms with E-state index in [0.29, 0.717) is 0 Å². The fourth-order valence-electron chi connectivity index (χ4n) is 3.15. The van der Waals surface area contributed by atoms with Crippen LogP contribution in [0, 0.1) is 10.1 Å². The summed E-state index contributed by atoms with van der Waals surface area (Å²) < 4.78 is 0. The third kappa shape index (κ3) is 4.49. The number of rotatable bonds is 7. The summed E-state index contributed by atoms with van der Waals surface area (Å²) in [5.74, 6) is 0.0740. The van der Waals surface area contributed by atoms with Gasteiger partial charge in [0.25, 0.3) is 5.69 Å². The molecule has 1 unspecified atom stereocenters. The van der Waals surface area contributed by atoms with E-state index in [1.807, 2.05) is 48.5 Å². The Morgan fingerprint density at radius 1 is 1.07 bits per heavy atom. The zero-order valence-corrected chi connectivity index (χ0v) is 16.6. The molecule has 8 heteroatoms. The van der Waals surface area contributed by atoms with E-state index in [0.717, 1.165) is 27.1 Å². The van der Waals surface area contributed by atoms with Crippen LogP contribution in [0.2, 0.25) is 0 Å². The molecule has 0 aliphatic carbocycles. The van der Waals surface area contributed by atoms with Crippen molar-refractivity contribution in [2.45, 2.75) is 10.9 Å². The largest absolute Gasteiger partial charge is 0.345 e. The van der Waals surface area contributed by atoms with E-state index in [4.69, 9.17) is 0 Å². The number of benzene rings is 3. The molecule has 0 bridgehead atoms. The number of fused-ring (bicyclic) bond motifs is 1. The minimum atomic E-state index is -0.442. The van der Waals surface area contributed by atoms with Gasteiger partial charge in [-0.25, -0.2) is 4.98 Å². The van der Waals surface area contributed by atoms with Gasteiger partial charge in [-0.15, -0.1) is 11.8 Å². The molecule has 1 atom stereocenters. The van der Waals surface area contributed by atoms with Crippen molar-refractivity contribution in [1.82, 2.24) is 15.3 Å². The molecule has 3 aromatic carbocycles. The second-order valence-corrected chi connectivity index (χ2v) is 7.68. The highest BCUT2D eigenvalue weighted by Crippen LogP contribution is 2.26. The molecule has 0 saturated carbocycles. The molecule has 4 rings (SSSR count). The Bertz CT molecular complexity index is 1180. The molecule has 2 N–H and O–H groups in total. The first-order valence-corrected chi connectivity index (χ1v) is 10.2. The predicted octanol–water partition coefficient (Wildman–Crippen LogP) is 4.47. The van der Waals surface area contributed by atoms with Crippen LogP contribution in [0.1, 0.15) is 17.2 Å². The van der Waals surface area contributed by atoms with Gasteiger partial charge in [-0.1, -0.05) is 36.4 Å². The second-order valence-electron chi connectivity index (χ2n) is 6.63. The van der Waals surface area contributed by atoms with Gasteiger partial charge in [0.2, 0.25) is 5.91 Å². The number of carbonyl (C=O) groups is 1. The predicted molar refractivity (Wildman–Crippen MR) is 116 cm³/mol. The molecule has 1 aromatic heterocycles. The smallest absolute Gasteiger partial charge is 0.269 e. The van der Waals surface area contributed by atoms with Gasteiger partial charge in [-0.05, 0) is 35.4 Å². The molecule has 0 radical (unpaired) electrons. The number of nitrogens with zero attached hydrogens (tertiary/aromatic N) is 2. The Morgan fingerprint density at radius 3 is 2.57 bits per heavy atom. The van der Waals surface area contributed by atoms with Crippen molar-refractivity contribution in [3.63, 3.8) is 0 Å². The molecule has 0 aliphatic rings. The zero-order valence-electron chi connectivity index (χ0n) is 15.8. The van der Waals surface area contributed by atoms with E-state index in [9.17, 15) is 14.9 Å². The fraction of sp³-hybridized carbons (Fsp3) is 0.0909. The number of thioether (sulfide) groups is 1. The molecule has 30 heavy (non-hydrogen) atoms. The Hall–Kier alpha value is -3.65. The number of hydrogen-bond donors (Lipinski definition) is 2. The molecule has 0 spiro atoms. The van der Waals surface area contributed by atoms with Crippen LogP contribution in [-0.2, 0) is 4.79 Å². The van der Waals surface area contributed by atoms with E-state index in [-0.39, 0.29) is 23.4 Å². The molecular weight excluding hydrogens is 400 g/mol. The third-order valence-electron chi connectivity index (χ3n) is 4.63. The lowest BCUT2D eigenvalue weighted by molar-refractivity contribution is -0.384. The quantitative estimate of drug-likeness (QED) is 0.262. The molecular formula is C22H18N4O3S. The van der Waals surface area contributed by atoms with Crippen LogP contribution in [0.3, 0.4) is 0 Å². The molecule has 7 nitrogen and oxygen atoms in total. The lowest BCUT2D eigenvalue weighted by atomic mass is 9.98. The first kappa shape index (κ1) is 19.7. The van der Waals surface area contributed by atoms with Gasteiger partial charge < -0.3 is 10.3 Å². The van der Waals surface area contributed by atoms with Gasteiger partial charge in [-0.3, -0.25) is 14.9 Å². The molecule has 0 fully saturated rings. The van der Waals surface area contributed by atoms with Gasteiger partial charge in [0.05, 0.1) is 34.1 Å². The molecule has 150 valence electrons. The standard InChI is InChI=1S/C22H18N4O3S/c27-21(13-30-18-9-7-17(8-10-18)26(28)29)25-22(15-4-2-1-3-5-15)16-6-11-19-20(12-16)24-14-23-19/h1-12,14,22H,13H2,(H,23,24)(H,25,27). The Kier molecular flexibility index (Phi) is 5.76. The summed E-state index contributed by atoms with van der Waals surface area (Å²) in [5, 5.41) is 13.9. The summed E-state index contributed by atoms with van der Waals surface area (Å²) in [6, 6.07) is 21.5. The number of carbonyl (C=O) groups excluding carboxylic acids is 1. The topological polar surface area (TPSA) is 101 Å². The highest BCUT2D eigenvalue weighted by molar-refractivity contribution is 8.00. The van der Waals surface area contributed by atoms with Gasteiger partial charge in [0, 0.05) is 17.0 Å². The monoisotopic (exact) mass is 418 g/mol. The summed E-state index contributed by atoms with van der Waals surface area (Å²) in [4.78, 5) is 31.2. The van der Waals surface area contributed by atoms with Gasteiger partial charge in [0.15, 0.2) is 0 Å². The lowest BCUT2D eigenvalue weighted by Crippen LogP contribution is -2.30. The van der Waals surface area contributed by atoms with Crippen molar-refractivity contribution in [3.8, 4) is 0 Å². The molecule has 1 amide bonds. The minimum absolute atomic E-state index is 0.0298. The van der Waals surface area contributed by atoms with Crippen LogP contribution in [0.5, 0.6) is 0 Å². The van der Waals surface area contributed by atoms with Crippen molar-refractivity contribution in [2.24, 2.45) is 0 Å². The normalized spacial score (nSPS) is 11.9. The molecule has 0 saturated heterocycles. The van der Waals surface area contributed by atoms with E-state index in [1.165, 1.54) is 23.9 Å². The summed E-state index contributed by atoms with van der Waals surface area (Å²) in [7, 11) is 0. The summed E-state index contributed by atoms with van der Waals surface area (Å²) >= 11 is 1.33. The van der Waals surface area contributed by atoms with E-state index >= 15 is 0 Å². The van der Waals surface area contributed by atoms with Crippen LogP contribution in [0.25, 0.3) is 11.0 Å². The summed E-state index contributed by atoms with van der Waals surface area (Å²) in [6.45, 7) is 0. The van der Waals surface area contributed by atoms with Gasteiger partial charge >= 0.3 is 0 Å². The van der Waals surface area contributed by atoms with Crippen molar-refractivity contribution in [2.75, 3.05) is 5.75 Å². The number of H-pyrrole nitrogens is 1. The lowest BCUT2D eigenvalue weighted by Gasteiger charge is -2.20. The van der Waals surface area contributed by atoms with Crippen LogP contribution < -0.4 is 5.32 Å². The number of hydrogen-bond acceptors (Lipinski definition) is 5. The number of nitrogens with one attached hydrogen (secondary N) is 2. The van der Waals surface area contributed by atoms with Crippen molar-refractivity contribution in [3.05, 3.63) is 100 Å². The number of aromatic amines is 1. The minimum Gasteiger partial charge on any atom is -0.345 e. The highest BCUT2D eigenvalue weighted by atomic mass is 32.2. The van der Waals surface area contributed by atoms with Gasteiger partial charge in [0.1, 0.15) is 0 Å². The number of nitro benzene ring substituents is 1. The van der Waals surface area contributed by atoms with E-state index in [1.54, 1.807) is 18.5 Å². The van der Waals surface area contributed by atoms with E-state index < -0.39 is 4.92 Å². The summed E-state index contributed by atoms with van der Waals surface area (Å²) in [6.07, 6.45) is 1.64. The van der Waals surface area contributed by atoms with Crippen molar-refractivity contribution < 1.29 is 9.72 Å². The Balaban J connectivity index is 1.50. The fourth-order valence-corrected chi connectivity index (χ4v) is 3.86. The number of amides is 1. The third-order valence-corrected chi connectivity index (χ3v) is 5.65. The van der Waals surface area contributed by atoms with Crippen LogP contribution in [-0.4, -0.2) is 26.6 Å². The second kappa shape index (κ2) is 8.79. The SMILES string of the molecule is O=C(CSc1ccc([N+](=O)[O-])cc1)NC(c1ccccc1)c1ccc2nc[nH]c2c1. The molecule has 1 heterocycles. The average molecular weight is 418 g/mol.